The normalized spacial score (nSPS) is 13.5. The van der Waals surface area contributed by atoms with Crippen LogP contribution in [0.3, 0.4) is 0 Å². The van der Waals surface area contributed by atoms with Crippen molar-refractivity contribution < 1.29 is 18.0 Å². The molecule has 1 nitrogen and oxygen atoms in total. The van der Waals surface area contributed by atoms with Crippen LogP contribution >= 0.6 is 27.7 Å². The van der Waals surface area contributed by atoms with Crippen molar-refractivity contribution >= 4 is 33.5 Å². The first-order chi connectivity index (χ1) is 7.70. The smallest absolute Gasteiger partial charge is 0.293 e. The molecule has 0 amide bonds. The zero-order valence-electron chi connectivity index (χ0n) is 9.14. The van der Waals surface area contributed by atoms with Gasteiger partial charge in [0.2, 0.25) is 0 Å². The zero-order chi connectivity index (χ0) is 13.2. The standard InChI is InChI=1S/C11H10BrF3OS/c1-6-3-4-8(17-11(13,14)15)5-9(6)10(16)7(2)12/h3-5,7H,1-2H3. The zero-order valence-corrected chi connectivity index (χ0v) is 11.5. The van der Waals surface area contributed by atoms with Gasteiger partial charge in [-0.2, -0.15) is 13.2 Å². The molecule has 0 spiro atoms. The predicted molar refractivity (Wildman–Crippen MR) is 65.8 cm³/mol. The summed E-state index contributed by atoms with van der Waals surface area (Å²) in [6.45, 7) is 3.34. The number of carbonyl (C=O) groups is 1. The van der Waals surface area contributed by atoms with Gasteiger partial charge in [-0.15, -0.1) is 0 Å². The van der Waals surface area contributed by atoms with E-state index in [4.69, 9.17) is 0 Å². The molecule has 0 aliphatic carbocycles. The molecule has 1 atom stereocenters. The average Bonchev–Trinajstić information content (AvgIpc) is 2.17. The number of alkyl halides is 4. The second kappa shape index (κ2) is 5.44. The molecule has 0 aliphatic rings. The lowest BCUT2D eigenvalue weighted by molar-refractivity contribution is -0.0328. The summed E-state index contributed by atoms with van der Waals surface area (Å²) in [5, 5.41) is 0. The molecule has 0 N–H and O–H groups in total. The maximum Gasteiger partial charge on any atom is 0.446 e. The minimum absolute atomic E-state index is 0.0274. The fourth-order valence-corrected chi connectivity index (χ4v) is 2.10. The van der Waals surface area contributed by atoms with E-state index in [9.17, 15) is 18.0 Å². The van der Waals surface area contributed by atoms with Crippen molar-refractivity contribution in [3.8, 4) is 0 Å². The highest BCUT2D eigenvalue weighted by Crippen LogP contribution is 2.37. The number of aryl methyl sites for hydroxylation is 1. The Morgan fingerprint density at radius 3 is 2.47 bits per heavy atom. The second-order valence-corrected chi connectivity index (χ2v) is 6.02. The molecule has 0 aromatic heterocycles. The third kappa shape index (κ3) is 4.35. The van der Waals surface area contributed by atoms with E-state index in [1.54, 1.807) is 13.8 Å². The number of Topliss-reactive ketones (excluding diaryl/α,β-unsaturated/α-hetero) is 1. The van der Waals surface area contributed by atoms with Gasteiger partial charge in [0, 0.05) is 10.5 Å². The van der Waals surface area contributed by atoms with Gasteiger partial charge < -0.3 is 0 Å². The van der Waals surface area contributed by atoms with E-state index in [0.717, 1.165) is 0 Å². The van der Waals surface area contributed by atoms with Crippen LogP contribution in [0.2, 0.25) is 0 Å². The average molecular weight is 327 g/mol. The van der Waals surface area contributed by atoms with Crippen LogP contribution in [0.5, 0.6) is 0 Å². The SMILES string of the molecule is Cc1ccc(SC(F)(F)F)cc1C(=O)C(C)Br. The molecule has 1 rings (SSSR count). The summed E-state index contributed by atoms with van der Waals surface area (Å²) >= 11 is 2.90. The fourth-order valence-electron chi connectivity index (χ4n) is 1.28. The molecule has 0 bridgehead atoms. The number of thioether (sulfide) groups is 1. The molecule has 6 heteroatoms. The van der Waals surface area contributed by atoms with E-state index < -0.39 is 10.3 Å². The fraction of sp³-hybridized carbons (Fsp3) is 0.364. The lowest BCUT2D eigenvalue weighted by Crippen LogP contribution is -2.12. The van der Waals surface area contributed by atoms with Crippen molar-refractivity contribution in [2.75, 3.05) is 0 Å². The van der Waals surface area contributed by atoms with E-state index in [2.05, 4.69) is 15.9 Å². The first kappa shape index (κ1) is 14.6. The van der Waals surface area contributed by atoms with Gasteiger partial charge in [0.15, 0.2) is 5.78 Å². The molecule has 0 saturated heterocycles. The summed E-state index contributed by atoms with van der Waals surface area (Å²) < 4.78 is 36.6. The monoisotopic (exact) mass is 326 g/mol. The number of benzene rings is 1. The van der Waals surface area contributed by atoms with Crippen molar-refractivity contribution in [1.82, 2.24) is 0 Å². The Kier molecular flexibility index (Phi) is 4.66. The van der Waals surface area contributed by atoms with E-state index in [-0.39, 0.29) is 22.4 Å². The molecule has 0 heterocycles. The minimum Gasteiger partial charge on any atom is -0.293 e. The second-order valence-electron chi connectivity index (χ2n) is 3.50. The van der Waals surface area contributed by atoms with E-state index in [1.165, 1.54) is 18.2 Å². The maximum absolute atomic E-state index is 12.2. The molecule has 0 fully saturated rings. The largest absolute Gasteiger partial charge is 0.446 e. The molecular weight excluding hydrogens is 317 g/mol. The number of rotatable bonds is 3. The van der Waals surface area contributed by atoms with Crippen LogP contribution in [0, 0.1) is 6.92 Å². The molecule has 1 aromatic rings. The molecule has 1 aromatic carbocycles. The van der Waals surface area contributed by atoms with Gasteiger partial charge in [0.25, 0.3) is 0 Å². The lowest BCUT2D eigenvalue weighted by atomic mass is 10.0. The Balaban J connectivity index is 3.07. The summed E-state index contributed by atoms with van der Waals surface area (Å²) in [4.78, 5) is 11.4. The summed E-state index contributed by atoms with van der Waals surface area (Å²) in [7, 11) is 0. The summed E-state index contributed by atoms with van der Waals surface area (Å²) in [6, 6.07) is 4.17. The Bertz CT molecular complexity index is 429. The van der Waals surface area contributed by atoms with Gasteiger partial charge in [-0.3, -0.25) is 4.79 Å². The minimum atomic E-state index is -4.34. The lowest BCUT2D eigenvalue weighted by Gasteiger charge is -2.10. The van der Waals surface area contributed by atoms with E-state index in [1.807, 2.05) is 0 Å². The number of hydrogen-bond donors (Lipinski definition) is 0. The molecule has 17 heavy (non-hydrogen) atoms. The number of halogens is 4. The molecule has 0 radical (unpaired) electrons. The topological polar surface area (TPSA) is 17.1 Å². The highest BCUT2D eigenvalue weighted by molar-refractivity contribution is 9.10. The van der Waals surface area contributed by atoms with E-state index >= 15 is 0 Å². The van der Waals surface area contributed by atoms with Crippen LogP contribution < -0.4 is 0 Å². The quantitative estimate of drug-likeness (QED) is 0.459. The Morgan fingerprint density at radius 2 is 2.00 bits per heavy atom. The van der Waals surface area contributed by atoms with Gasteiger partial charge in [-0.25, -0.2) is 0 Å². The van der Waals surface area contributed by atoms with Crippen LogP contribution in [-0.2, 0) is 0 Å². The van der Waals surface area contributed by atoms with Crippen molar-refractivity contribution in [1.29, 1.82) is 0 Å². The summed E-state index contributed by atoms with van der Waals surface area (Å²) in [5.41, 5.74) is -3.34. The van der Waals surface area contributed by atoms with Crippen LogP contribution in [0.25, 0.3) is 0 Å². The molecule has 0 aliphatic heterocycles. The van der Waals surface area contributed by atoms with Crippen molar-refractivity contribution in [3.05, 3.63) is 29.3 Å². The highest BCUT2D eigenvalue weighted by atomic mass is 79.9. The van der Waals surface area contributed by atoms with Crippen molar-refractivity contribution in [2.24, 2.45) is 0 Å². The molecule has 0 saturated carbocycles. The molecule has 1 unspecified atom stereocenters. The number of carbonyl (C=O) groups excluding carboxylic acids is 1. The van der Waals surface area contributed by atoms with Gasteiger partial charge in [-0.1, -0.05) is 22.0 Å². The summed E-state index contributed by atoms with van der Waals surface area (Å²) in [5.74, 6) is -0.216. The predicted octanol–water partition coefficient (Wildman–Crippen LogP) is 4.57. The van der Waals surface area contributed by atoms with Crippen LogP contribution in [-0.4, -0.2) is 16.1 Å². The van der Waals surface area contributed by atoms with Crippen molar-refractivity contribution in [2.45, 2.75) is 29.1 Å². The van der Waals surface area contributed by atoms with Gasteiger partial charge in [-0.05, 0) is 43.3 Å². The third-order valence-electron chi connectivity index (χ3n) is 2.07. The van der Waals surface area contributed by atoms with Crippen LogP contribution in [0.15, 0.2) is 23.1 Å². The first-order valence-corrected chi connectivity index (χ1v) is 6.48. The maximum atomic E-state index is 12.2. The first-order valence-electron chi connectivity index (χ1n) is 4.75. The Labute approximate surface area is 110 Å². The van der Waals surface area contributed by atoms with Gasteiger partial charge >= 0.3 is 5.51 Å². The Hall–Kier alpha value is -0.490. The number of ketones is 1. The Morgan fingerprint density at radius 1 is 1.41 bits per heavy atom. The van der Waals surface area contributed by atoms with Crippen LogP contribution in [0.1, 0.15) is 22.8 Å². The highest BCUT2D eigenvalue weighted by Gasteiger charge is 2.29. The van der Waals surface area contributed by atoms with Gasteiger partial charge in [0.1, 0.15) is 0 Å². The van der Waals surface area contributed by atoms with Crippen molar-refractivity contribution in [3.63, 3.8) is 0 Å². The number of hydrogen-bond acceptors (Lipinski definition) is 2. The molecule has 94 valence electrons. The molecular formula is C11H10BrF3OS. The van der Waals surface area contributed by atoms with Gasteiger partial charge in [0.05, 0.1) is 4.83 Å². The summed E-state index contributed by atoms with van der Waals surface area (Å²) in [6.07, 6.45) is 0. The van der Waals surface area contributed by atoms with Crippen LogP contribution in [0.4, 0.5) is 13.2 Å². The third-order valence-corrected chi connectivity index (χ3v) is 3.21. The van der Waals surface area contributed by atoms with E-state index in [0.29, 0.717) is 11.1 Å².